The third kappa shape index (κ3) is 5.17. The first-order valence-electron chi connectivity index (χ1n) is 18.9. The Balaban J connectivity index is 1.13. The van der Waals surface area contributed by atoms with E-state index in [0.29, 0.717) is 17.5 Å². The Hall–Kier alpha value is -6.63. The molecule has 11 aromatic rings. The molecule has 0 aliphatic heterocycles. The van der Waals surface area contributed by atoms with Crippen molar-refractivity contribution in [2.45, 2.75) is 26.2 Å². The summed E-state index contributed by atoms with van der Waals surface area (Å²) in [5.74, 6) is 1.82. The summed E-state index contributed by atoms with van der Waals surface area (Å²) < 4.78 is 11.9. The maximum Gasteiger partial charge on any atom is 0.167 e. The number of rotatable bonds is 7. The van der Waals surface area contributed by atoms with Gasteiger partial charge in [-0.05, 0) is 54.8 Å². The van der Waals surface area contributed by atoms with Crippen molar-refractivity contribution in [3.63, 3.8) is 0 Å². The average molecular weight is 727 g/mol. The standard InChI is InChI=1S/C49H34N4OS/c1-2-3-13-30-22-27-41-40(28-30)36-25-26-38-35-18-10-11-21-43(35)55-46(38)44(36)53(41)33-23-24-34-37-19-12-20-39(45(37)54-42(34)29-33)49-51-47(31-14-6-4-7-15-31)50-48(52-49)32-16-8-5-9-17-32/h4-12,14-29H,2-3,13H2,1H3. The van der Waals surface area contributed by atoms with E-state index < -0.39 is 0 Å². The number of furan rings is 1. The molecule has 11 rings (SSSR count). The number of unbranched alkanes of at least 4 members (excludes halogenated alkanes) is 1. The fraction of sp³-hybridized carbons (Fsp3) is 0.0816. The molecule has 7 aromatic carbocycles. The smallest absolute Gasteiger partial charge is 0.167 e. The Kier molecular flexibility index (Phi) is 7.39. The lowest BCUT2D eigenvalue weighted by atomic mass is 10.0. The van der Waals surface area contributed by atoms with Crippen molar-refractivity contribution < 1.29 is 4.42 Å². The van der Waals surface area contributed by atoms with Crippen LogP contribution in [0.2, 0.25) is 0 Å². The number of para-hydroxylation sites is 1. The highest BCUT2D eigenvalue weighted by Gasteiger charge is 2.21. The summed E-state index contributed by atoms with van der Waals surface area (Å²) >= 11 is 1.88. The van der Waals surface area contributed by atoms with Crippen molar-refractivity contribution in [3.8, 4) is 39.9 Å². The van der Waals surface area contributed by atoms with Crippen LogP contribution in [0.1, 0.15) is 25.3 Å². The second-order valence-electron chi connectivity index (χ2n) is 14.2. The zero-order valence-electron chi connectivity index (χ0n) is 30.2. The molecule has 0 saturated heterocycles. The quantitative estimate of drug-likeness (QED) is 0.164. The topological polar surface area (TPSA) is 56.7 Å². The van der Waals surface area contributed by atoms with Gasteiger partial charge in [0, 0.05) is 59.9 Å². The van der Waals surface area contributed by atoms with Crippen LogP contribution in [-0.2, 0) is 6.42 Å². The third-order valence-corrected chi connectivity index (χ3v) is 12.0. The predicted octanol–water partition coefficient (Wildman–Crippen LogP) is 13.6. The van der Waals surface area contributed by atoms with Gasteiger partial charge in [0.1, 0.15) is 11.2 Å². The Bertz CT molecular complexity index is 3190. The van der Waals surface area contributed by atoms with E-state index in [1.807, 2.05) is 78.1 Å². The van der Waals surface area contributed by atoms with Crippen LogP contribution in [0.3, 0.4) is 0 Å². The number of aryl methyl sites for hydroxylation is 1. The summed E-state index contributed by atoms with van der Waals surface area (Å²) in [4.78, 5) is 15.0. The zero-order valence-corrected chi connectivity index (χ0v) is 31.0. The summed E-state index contributed by atoms with van der Waals surface area (Å²) in [6, 6.07) is 53.5. The average Bonchev–Trinajstić information content (AvgIpc) is 3.92. The Labute approximate surface area is 321 Å². The van der Waals surface area contributed by atoms with Crippen LogP contribution < -0.4 is 0 Å². The minimum Gasteiger partial charge on any atom is -0.455 e. The molecule has 0 spiro atoms. The van der Waals surface area contributed by atoms with Crippen molar-refractivity contribution in [1.82, 2.24) is 19.5 Å². The van der Waals surface area contributed by atoms with E-state index in [9.17, 15) is 0 Å². The predicted molar refractivity (Wildman–Crippen MR) is 229 cm³/mol. The Morgan fingerprint density at radius 2 is 1.25 bits per heavy atom. The number of fused-ring (bicyclic) bond motifs is 10. The number of hydrogen-bond donors (Lipinski definition) is 0. The molecule has 262 valence electrons. The van der Waals surface area contributed by atoms with Gasteiger partial charge in [-0.1, -0.05) is 123 Å². The normalized spacial score (nSPS) is 11.9. The van der Waals surface area contributed by atoms with Crippen LogP contribution in [0.4, 0.5) is 0 Å². The van der Waals surface area contributed by atoms with Crippen molar-refractivity contribution in [2.75, 3.05) is 0 Å². The van der Waals surface area contributed by atoms with E-state index in [-0.39, 0.29) is 0 Å². The van der Waals surface area contributed by atoms with Crippen LogP contribution in [-0.4, -0.2) is 19.5 Å². The highest BCUT2D eigenvalue weighted by atomic mass is 32.1. The molecule has 4 aromatic heterocycles. The molecule has 0 fully saturated rings. The van der Waals surface area contributed by atoms with E-state index >= 15 is 0 Å². The first-order chi connectivity index (χ1) is 27.2. The highest BCUT2D eigenvalue weighted by molar-refractivity contribution is 7.26. The number of nitrogens with zero attached hydrogens (tertiary/aromatic N) is 4. The fourth-order valence-corrected chi connectivity index (χ4v) is 9.40. The minimum absolute atomic E-state index is 0.575. The maximum atomic E-state index is 6.88. The highest BCUT2D eigenvalue weighted by Crippen LogP contribution is 2.44. The molecule has 0 bridgehead atoms. The van der Waals surface area contributed by atoms with Gasteiger partial charge in [0.15, 0.2) is 17.5 Å². The molecule has 0 atom stereocenters. The maximum absolute atomic E-state index is 6.88. The molecule has 5 nitrogen and oxygen atoms in total. The van der Waals surface area contributed by atoms with Crippen molar-refractivity contribution >= 4 is 75.3 Å². The van der Waals surface area contributed by atoms with Gasteiger partial charge in [-0.3, -0.25) is 0 Å². The van der Waals surface area contributed by atoms with E-state index in [0.717, 1.165) is 50.7 Å². The molecular formula is C49H34N4OS. The molecule has 0 N–H and O–H groups in total. The van der Waals surface area contributed by atoms with Crippen molar-refractivity contribution in [1.29, 1.82) is 0 Å². The van der Waals surface area contributed by atoms with Gasteiger partial charge in [-0.15, -0.1) is 11.3 Å². The van der Waals surface area contributed by atoms with Crippen LogP contribution in [0.15, 0.2) is 156 Å². The lowest BCUT2D eigenvalue weighted by Gasteiger charge is -2.09. The second kappa shape index (κ2) is 12.8. The van der Waals surface area contributed by atoms with Crippen LogP contribution in [0, 0.1) is 0 Å². The third-order valence-electron chi connectivity index (χ3n) is 10.8. The number of hydrogen-bond acceptors (Lipinski definition) is 5. The molecular weight excluding hydrogens is 693 g/mol. The fourth-order valence-electron chi connectivity index (χ4n) is 8.16. The summed E-state index contributed by atoms with van der Waals surface area (Å²) in [6.45, 7) is 2.26. The molecule has 0 radical (unpaired) electrons. The largest absolute Gasteiger partial charge is 0.455 e. The zero-order chi connectivity index (χ0) is 36.5. The Morgan fingerprint density at radius 1 is 0.564 bits per heavy atom. The first-order valence-corrected chi connectivity index (χ1v) is 19.7. The van der Waals surface area contributed by atoms with Gasteiger partial charge in [0.2, 0.25) is 0 Å². The van der Waals surface area contributed by atoms with Gasteiger partial charge in [-0.25, -0.2) is 15.0 Å². The summed E-state index contributed by atoms with van der Waals surface area (Å²) in [6.07, 6.45) is 3.44. The monoisotopic (exact) mass is 726 g/mol. The van der Waals surface area contributed by atoms with Gasteiger partial charge in [0.05, 0.1) is 21.3 Å². The molecule has 0 amide bonds. The lowest BCUT2D eigenvalue weighted by molar-refractivity contribution is 0.669. The first kappa shape index (κ1) is 31.9. The number of benzene rings is 7. The molecule has 55 heavy (non-hydrogen) atoms. The molecule has 0 saturated carbocycles. The molecule has 0 aliphatic carbocycles. The van der Waals surface area contributed by atoms with Crippen LogP contribution >= 0.6 is 11.3 Å². The second-order valence-corrected chi connectivity index (χ2v) is 15.3. The van der Waals surface area contributed by atoms with Crippen molar-refractivity contribution in [3.05, 3.63) is 157 Å². The SMILES string of the molecule is CCCCc1ccc2c(c1)c1ccc3c4ccccc4sc3c1n2-c1ccc2c(c1)oc1c(-c3nc(-c4ccccc4)nc(-c4ccccc4)n3)cccc12. The number of thiophene rings is 1. The number of aromatic nitrogens is 4. The molecule has 4 heterocycles. The Morgan fingerprint density at radius 3 is 2.04 bits per heavy atom. The van der Waals surface area contributed by atoms with E-state index in [2.05, 4.69) is 96.4 Å². The van der Waals surface area contributed by atoms with E-state index in [4.69, 9.17) is 19.4 Å². The van der Waals surface area contributed by atoms with Crippen molar-refractivity contribution in [2.24, 2.45) is 0 Å². The van der Waals surface area contributed by atoms with Gasteiger partial charge >= 0.3 is 0 Å². The summed E-state index contributed by atoms with van der Waals surface area (Å²) in [7, 11) is 0. The molecule has 6 heteroatoms. The summed E-state index contributed by atoms with van der Waals surface area (Å²) in [5, 5.41) is 7.23. The van der Waals surface area contributed by atoms with Crippen LogP contribution in [0.25, 0.3) is 104 Å². The van der Waals surface area contributed by atoms with Crippen LogP contribution in [0.5, 0.6) is 0 Å². The lowest BCUT2D eigenvalue weighted by Crippen LogP contribution is -2.00. The minimum atomic E-state index is 0.575. The molecule has 0 aliphatic rings. The van der Waals surface area contributed by atoms with Gasteiger partial charge in [-0.2, -0.15) is 0 Å². The van der Waals surface area contributed by atoms with Gasteiger partial charge < -0.3 is 8.98 Å². The van der Waals surface area contributed by atoms with E-state index in [1.54, 1.807) is 0 Å². The van der Waals surface area contributed by atoms with Gasteiger partial charge in [0.25, 0.3) is 0 Å². The van der Waals surface area contributed by atoms with E-state index in [1.165, 1.54) is 60.4 Å². The summed E-state index contributed by atoms with van der Waals surface area (Å²) in [5.41, 5.74) is 9.16. The molecule has 0 unspecified atom stereocenters.